The van der Waals surface area contributed by atoms with Crippen molar-refractivity contribution in [2.75, 3.05) is 40.3 Å². The van der Waals surface area contributed by atoms with Gasteiger partial charge >= 0.3 is 0 Å². The van der Waals surface area contributed by atoms with Crippen molar-refractivity contribution in [3.63, 3.8) is 0 Å². The van der Waals surface area contributed by atoms with E-state index in [0.29, 0.717) is 32.5 Å². The fourth-order valence-electron chi connectivity index (χ4n) is 4.32. The third-order valence-corrected chi connectivity index (χ3v) is 7.80. The van der Waals surface area contributed by atoms with E-state index in [0.717, 1.165) is 31.8 Å². The molecule has 2 saturated heterocycles. The zero-order valence-electron chi connectivity index (χ0n) is 15.9. The Morgan fingerprint density at radius 1 is 1.22 bits per heavy atom. The van der Waals surface area contributed by atoms with Crippen molar-refractivity contribution in [2.45, 2.75) is 43.9 Å². The fraction of sp³-hybridized carbons (Fsp3) is 0.765. The van der Waals surface area contributed by atoms with E-state index in [1.54, 1.807) is 6.20 Å². The Hall–Kier alpha value is -1.49. The average Bonchev–Trinajstić information content (AvgIpc) is 3.33. The number of hydrogen-bond acceptors (Lipinski definition) is 5. The number of ether oxygens (including phenoxy) is 1. The molecule has 1 amide bonds. The molecular weight excluding hydrogens is 370 g/mol. The Bertz CT molecular complexity index is 807. The number of nitrogens with zero attached hydrogens (tertiary/aromatic N) is 5. The Morgan fingerprint density at radius 3 is 2.52 bits per heavy atom. The minimum Gasteiger partial charge on any atom is -0.352 e. The van der Waals surface area contributed by atoms with E-state index in [4.69, 9.17) is 4.74 Å². The van der Waals surface area contributed by atoms with Gasteiger partial charge in [0.25, 0.3) is 16.1 Å². The summed E-state index contributed by atoms with van der Waals surface area (Å²) < 4.78 is 35.9. The van der Waals surface area contributed by atoms with Crippen LogP contribution >= 0.6 is 0 Å². The number of piperidine rings is 1. The van der Waals surface area contributed by atoms with Gasteiger partial charge in [0, 0.05) is 52.7 Å². The van der Waals surface area contributed by atoms with Crippen molar-refractivity contribution >= 4 is 16.1 Å². The topological polar surface area (TPSA) is 88.0 Å². The van der Waals surface area contributed by atoms with Gasteiger partial charge in [-0.05, 0) is 25.7 Å². The normalized spacial score (nSPS) is 25.9. The van der Waals surface area contributed by atoms with Crippen LogP contribution in [0.2, 0.25) is 0 Å². The molecule has 1 atom stereocenters. The quantitative estimate of drug-likeness (QED) is 0.717. The summed E-state index contributed by atoms with van der Waals surface area (Å²) in [5.74, 6) is 0.837. The highest BCUT2D eigenvalue weighted by Crippen LogP contribution is 2.41. The van der Waals surface area contributed by atoms with Gasteiger partial charge in [-0.1, -0.05) is 0 Å². The highest BCUT2D eigenvalue weighted by atomic mass is 32.2. The lowest BCUT2D eigenvalue weighted by Crippen LogP contribution is -2.55. The van der Waals surface area contributed by atoms with Gasteiger partial charge in [-0.15, -0.1) is 0 Å². The van der Waals surface area contributed by atoms with E-state index in [-0.39, 0.29) is 5.91 Å². The van der Waals surface area contributed by atoms with Crippen molar-refractivity contribution in [1.82, 2.24) is 23.1 Å². The Labute approximate surface area is 160 Å². The second-order valence-electron chi connectivity index (χ2n) is 7.73. The minimum atomic E-state index is -3.45. The van der Waals surface area contributed by atoms with Gasteiger partial charge < -0.3 is 14.2 Å². The first kappa shape index (κ1) is 18.9. The first-order valence-corrected chi connectivity index (χ1v) is 10.9. The standard InChI is InChI=1S/C17H27N5O4S/c1-19(2)27(24,25)22-10-5-17(6-11-22)16-18-7-12-21(16)13-14(26-17)15(23)20-8-3-4-9-20/h7,12,14H,3-6,8-11,13H2,1-2H3. The van der Waals surface area contributed by atoms with E-state index < -0.39 is 21.9 Å². The maximum atomic E-state index is 12.9. The molecule has 0 N–H and O–H groups in total. The maximum Gasteiger partial charge on any atom is 0.281 e. The van der Waals surface area contributed by atoms with Crippen molar-refractivity contribution in [3.05, 3.63) is 18.2 Å². The number of likely N-dealkylation sites (tertiary alicyclic amines) is 1. The largest absolute Gasteiger partial charge is 0.352 e. The van der Waals surface area contributed by atoms with Crippen LogP contribution in [-0.2, 0) is 31.9 Å². The summed E-state index contributed by atoms with van der Waals surface area (Å²) in [6, 6.07) is 0. The van der Waals surface area contributed by atoms with Crippen molar-refractivity contribution < 1.29 is 17.9 Å². The van der Waals surface area contributed by atoms with Gasteiger partial charge in [-0.25, -0.2) is 4.98 Å². The van der Waals surface area contributed by atoms with Gasteiger partial charge in [-0.2, -0.15) is 17.0 Å². The van der Waals surface area contributed by atoms with Gasteiger partial charge in [0.05, 0.1) is 6.54 Å². The number of carbonyl (C=O) groups is 1. The van der Waals surface area contributed by atoms with E-state index >= 15 is 0 Å². The number of fused-ring (bicyclic) bond motifs is 2. The second kappa shape index (κ2) is 6.84. The van der Waals surface area contributed by atoms with Crippen molar-refractivity contribution in [3.8, 4) is 0 Å². The zero-order valence-corrected chi connectivity index (χ0v) is 16.7. The Morgan fingerprint density at radius 2 is 1.89 bits per heavy atom. The van der Waals surface area contributed by atoms with Crippen LogP contribution in [0, 0.1) is 0 Å². The van der Waals surface area contributed by atoms with E-state index in [9.17, 15) is 13.2 Å². The molecule has 1 spiro atoms. The second-order valence-corrected chi connectivity index (χ2v) is 9.87. The van der Waals surface area contributed by atoms with Gasteiger partial charge in [0.2, 0.25) is 0 Å². The molecule has 3 aliphatic rings. The van der Waals surface area contributed by atoms with Gasteiger partial charge in [0.15, 0.2) is 6.10 Å². The van der Waals surface area contributed by atoms with Crippen molar-refractivity contribution in [1.29, 1.82) is 0 Å². The predicted molar refractivity (Wildman–Crippen MR) is 98.0 cm³/mol. The smallest absolute Gasteiger partial charge is 0.281 e. The molecule has 4 rings (SSSR count). The van der Waals surface area contributed by atoms with Crippen LogP contribution in [-0.4, -0.2) is 83.8 Å². The predicted octanol–water partition coefficient (Wildman–Crippen LogP) is 0.00180. The fourth-order valence-corrected chi connectivity index (χ4v) is 5.42. The molecular formula is C17H27N5O4S. The third-order valence-electron chi connectivity index (χ3n) is 5.86. The Balaban J connectivity index is 1.56. The third kappa shape index (κ3) is 3.18. The molecule has 0 bridgehead atoms. The summed E-state index contributed by atoms with van der Waals surface area (Å²) in [6.45, 7) is 2.73. The summed E-state index contributed by atoms with van der Waals surface area (Å²) in [5, 5.41) is 0. The molecule has 1 aromatic rings. The van der Waals surface area contributed by atoms with E-state index in [2.05, 4.69) is 4.98 Å². The summed E-state index contributed by atoms with van der Waals surface area (Å²) in [6.07, 6.45) is 6.12. The highest BCUT2D eigenvalue weighted by molar-refractivity contribution is 7.86. The molecule has 0 saturated carbocycles. The molecule has 10 heteroatoms. The molecule has 4 heterocycles. The SMILES string of the molecule is CN(C)S(=O)(=O)N1CCC2(CC1)OC(C(=O)N1CCCC1)Cn1ccnc12. The van der Waals surface area contributed by atoms with Gasteiger partial charge in [-0.3, -0.25) is 4.79 Å². The van der Waals surface area contributed by atoms with Crippen molar-refractivity contribution in [2.24, 2.45) is 0 Å². The van der Waals surface area contributed by atoms with Crippen LogP contribution in [0.4, 0.5) is 0 Å². The molecule has 0 aliphatic carbocycles. The molecule has 1 unspecified atom stereocenters. The van der Waals surface area contributed by atoms with Crippen LogP contribution in [0.25, 0.3) is 0 Å². The van der Waals surface area contributed by atoms with Crippen LogP contribution in [0.1, 0.15) is 31.5 Å². The number of hydrogen-bond donors (Lipinski definition) is 0. The lowest BCUT2D eigenvalue weighted by atomic mass is 9.89. The molecule has 0 radical (unpaired) electrons. The minimum absolute atomic E-state index is 0.0366. The number of rotatable bonds is 3. The van der Waals surface area contributed by atoms with Crippen LogP contribution < -0.4 is 0 Å². The summed E-state index contributed by atoms with van der Waals surface area (Å²) in [5.41, 5.74) is -0.708. The first-order valence-electron chi connectivity index (χ1n) is 9.49. The summed E-state index contributed by atoms with van der Waals surface area (Å²) >= 11 is 0. The lowest BCUT2D eigenvalue weighted by Gasteiger charge is -2.45. The lowest BCUT2D eigenvalue weighted by molar-refractivity contribution is -0.178. The zero-order chi connectivity index (χ0) is 19.2. The molecule has 2 fully saturated rings. The number of imidazole rings is 1. The molecule has 27 heavy (non-hydrogen) atoms. The maximum absolute atomic E-state index is 12.9. The van der Waals surface area contributed by atoms with Gasteiger partial charge in [0.1, 0.15) is 11.4 Å². The first-order chi connectivity index (χ1) is 12.8. The molecule has 1 aromatic heterocycles. The molecule has 0 aromatic carbocycles. The molecule has 9 nitrogen and oxygen atoms in total. The van der Waals surface area contributed by atoms with E-state index in [1.807, 2.05) is 15.7 Å². The summed E-state index contributed by atoms with van der Waals surface area (Å²) in [7, 11) is -0.382. The Kier molecular flexibility index (Phi) is 4.77. The van der Waals surface area contributed by atoms with Crippen LogP contribution in [0.5, 0.6) is 0 Å². The monoisotopic (exact) mass is 397 g/mol. The number of carbonyl (C=O) groups excluding carboxylic acids is 1. The number of amides is 1. The van der Waals surface area contributed by atoms with Crippen LogP contribution in [0.3, 0.4) is 0 Å². The molecule has 150 valence electrons. The average molecular weight is 398 g/mol. The molecule has 3 aliphatic heterocycles. The highest BCUT2D eigenvalue weighted by Gasteiger charge is 2.49. The van der Waals surface area contributed by atoms with E-state index in [1.165, 1.54) is 22.7 Å². The van der Waals surface area contributed by atoms with Crippen LogP contribution in [0.15, 0.2) is 12.4 Å². The summed E-state index contributed by atoms with van der Waals surface area (Å²) in [4.78, 5) is 19.3. The number of aromatic nitrogens is 2.